The fraction of sp³-hybridized carbons (Fsp3) is 0.522. The smallest absolute Gasteiger partial charge is 0.416 e. The first-order valence-corrected chi connectivity index (χ1v) is 10.3. The first-order chi connectivity index (χ1) is 14.3. The number of aliphatic hydroxyl groups excluding tert-OH is 1. The van der Waals surface area contributed by atoms with E-state index in [-0.39, 0.29) is 36.3 Å². The predicted molar refractivity (Wildman–Crippen MR) is 106 cm³/mol. The molecule has 4 nitrogen and oxygen atoms in total. The minimum atomic E-state index is -4.44. The summed E-state index contributed by atoms with van der Waals surface area (Å²) in [5.41, 5.74) is -0.791. The first kappa shape index (κ1) is 22.4. The van der Waals surface area contributed by atoms with Crippen LogP contribution in [-0.4, -0.2) is 29.9 Å². The molecule has 1 aliphatic carbocycles. The SMILES string of the molecule is O=C1CCC/C=C\C[C@H]2[C@H](CC[C@@H]2/C=C/[C@@H](O)COc2cccc(C(F)(F)F)c2)O1. The number of carbonyl (C=O) groups excluding carboxylic acids is 1. The monoisotopic (exact) mass is 424 g/mol. The molecule has 3 rings (SSSR count). The van der Waals surface area contributed by atoms with E-state index in [9.17, 15) is 23.1 Å². The first-order valence-electron chi connectivity index (χ1n) is 10.3. The molecule has 2 aliphatic rings. The molecule has 1 aromatic carbocycles. The van der Waals surface area contributed by atoms with Crippen LogP contribution >= 0.6 is 0 Å². The summed E-state index contributed by atoms with van der Waals surface area (Å²) in [5, 5.41) is 10.2. The summed E-state index contributed by atoms with van der Waals surface area (Å²) in [6.45, 7) is -0.145. The summed E-state index contributed by atoms with van der Waals surface area (Å²) in [6, 6.07) is 4.58. The molecular formula is C23H27F3O4. The summed E-state index contributed by atoms with van der Waals surface area (Å²) < 4.78 is 49.3. The molecule has 0 unspecified atom stereocenters. The Balaban J connectivity index is 1.56. The van der Waals surface area contributed by atoms with Gasteiger partial charge in [0.05, 0.1) is 5.56 Å². The van der Waals surface area contributed by atoms with Crippen LogP contribution < -0.4 is 4.74 Å². The Hall–Kier alpha value is -2.28. The summed E-state index contributed by atoms with van der Waals surface area (Å²) in [7, 11) is 0. The Labute approximate surface area is 174 Å². The number of ether oxygens (including phenoxy) is 2. The minimum Gasteiger partial charge on any atom is -0.491 e. The lowest BCUT2D eigenvalue weighted by Gasteiger charge is -2.23. The molecule has 1 heterocycles. The highest BCUT2D eigenvalue weighted by Crippen LogP contribution is 2.38. The summed E-state index contributed by atoms with van der Waals surface area (Å²) >= 11 is 0. The van der Waals surface area contributed by atoms with Crippen molar-refractivity contribution in [1.82, 2.24) is 0 Å². The Morgan fingerprint density at radius 2 is 2.10 bits per heavy atom. The molecule has 1 N–H and O–H groups in total. The van der Waals surface area contributed by atoms with Gasteiger partial charge in [-0.05, 0) is 56.2 Å². The van der Waals surface area contributed by atoms with Crippen molar-refractivity contribution in [3.05, 3.63) is 54.1 Å². The van der Waals surface area contributed by atoms with Crippen LogP contribution in [0.15, 0.2) is 48.6 Å². The van der Waals surface area contributed by atoms with Crippen molar-refractivity contribution in [2.75, 3.05) is 6.61 Å². The van der Waals surface area contributed by atoms with Crippen molar-refractivity contribution in [1.29, 1.82) is 0 Å². The van der Waals surface area contributed by atoms with Gasteiger partial charge >= 0.3 is 12.1 Å². The highest BCUT2D eigenvalue weighted by molar-refractivity contribution is 5.69. The molecule has 0 aromatic heterocycles. The van der Waals surface area contributed by atoms with Crippen LogP contribution in [0.3, 0.4) is 0 Å². The molecule has 1 fully saturated rings. The van der Waals surface area contributed by atoms with Crippen LogP contribution in [0.2, 0.25) is 0 Å². The Morgan fingerprint density at radius 3 is 2.90 bits per heavy atom. The minimum absolute atomic E-state index is 0.0580. The second kappa shape index (κ2) is 10.2. The molecule has 0 amide bonds. The van der Waals surface area contributed by atoms with Gasteiger partial charge in [-0.15, -0.1) is 0 Å². The molecule has 30 heavy (non-hydrogen) atoms. The molecule has 1 saturated carbocycles. The molecule has 4 atom stereocenters. The van der Waals surface area contributed by atoms with Gasteiger partial charge in [0.2, 0.25) is 0 Å². The Kier molecular flexibility index (Phi) is 7.58. The maximum absolute atomic E-state index is 12.8. The van der Waals surface area contributed by atoms with E-state index >= 15 is 0 Å². The van der Waals surface area contributed by atoms with Crippen molar-refractivity contribution in [2.45, 2.75) is 56.9 Å². The van der Waals surface area contributed by atoms with E-state index in [1.54, 1.807) is 6.08 Å². The van der Waals surface area contributed by atoms with E-state index in [2.05, 4.69) is 12.2 Å². The van der Waals surface area contributed by atoms with Crippen LogP contribution in [0.5, 0.6) is 5.75 Å². The highest BCUT2D eigenvalue weighted by atomic mass is 19.4. The van der Waals surface area contributed by atoms with Gasteiger partial charge < -0.3 is 14.6 Å². The number of hydrogen-bond donors (Lipinski definition) is 1. The van der Waals surface area contributed by atoms with E-state index < -0.39 is 17.8 Å². The molecule has 0 radical (unpaired) electrons. The fourth-order valence-corrected chi connectivity index (χ4v) is 4.01. The number of esters is 1. The average molecular weight is 424 g/mol. The van der Waals surface area contributed by atoms with Crippen molar-refractivity contribution < 1.29 is 32.5 Å². The molecular weight excluding hydrogens is 397 g/mol. The molecule has 0 spiro atoms. The third-order valence-electron chi connectivity index (χ3n) is 5.58. The molecule has 1 aliphatic heterocycles. The van der Waals surface area contributed by atoms with Gasteiger partial charge in [-0.3, -0.25) is 4.79 Å². The van der Waals surface area contributed by atoms with E-state index in [1.165, 1.54) is 12.1 Å². The summed E-state index contributed by atoms with van der Waals surface area (Å²) in [4.78, 5) is 11.9. The zero-order valence-electron chi connectivity index (χ0n) is 16.7. The number of benzene rings is 1. The summed E-state index contributed by atoms with van der Waals surface area (Å²) in [6.07, 6.45) is 6.81. The number of halogens is 3. The fourth-order valence-electron chi connectivity index (χ4n) is 4.01. The van der Waals surface area contributed by atoms with E-state index in [1.807, 2.05) is 6.08 Å². The lowest BCUT2D eigenvalue weighted by atomic mass is 9.90. The topological polar surface area (TPSA) is 55.8 Å². The van der Waals surface area contributed by atoms with Crippen LogP contribution in [0, 0.1) is 11.8 Å². The van der Waals surface area contributed by atoms with Crippen LogP contribution in [0.1, 0.15) is 44.1 Å². The molecule has 7 heteroatoms. The normalized spacial score (nSPS) is 27.3. The lowest BCUT2D eigenvalue weighted by Crippen LogP contribution is -2.25. The zero-order chi connectivity index (χ0) is 21.6. The third kappa shape index (κ3) is 6.36. The van der Waals surface area contributed by atoms with Gasteiger partial charge in [-0.2, -0.15) is 13.2 Å². The number of alkyl halides is 3. The second-order valence-electron chi connectivity index (χ2n) is 7.82. The molecule has 1 aromatic rings. The van der Waals surface area contributed by atoms with E-state index in [4.69, 9.17) is 9.47 Å². The molecule has 0 bridgehead atoms. The predicted octanol–water partition coefficient (Wildman–Crippen LogP) is 5.07. The number of rotatable bonds is 5. The molecule has 164 valence electrons. The number of hydrogen-bond acceptors (Lipinski definition) is 4. The lowest BCUT2D eigenvalue weighted by molar-refractivity contribution is -0.151. The van der Waals surface area contributed by atoms with Gasteiger partial charge in [0.1, 0.15) is 24.6 Å². The van der Waals surface area contributed by atoms with Crippen molar-refractivity contribution >= 4 is 5.97 Å². The Bertz CT molecular complexity index is 772. The van der Waals surface area contributed by atoms with Gasteiger partial charge in [0, 0.05) is 12.3 Å². The number of allylic oxidation sites excluding steroid dienone is 3. The average Bonchev–Trinajstić information content (AvgIpc) is 3.08. The van der Waals surface area contributed by atoms with Crippen LogP contribution in [0.25, 0.3) is 0 Å². The van der Waals surface area contributed by atoms with Crippen molar-refractivity contribution in [3.8, 4) is 5.75 Å². The number of fused-ring (bicyclic) bond motifs is 1. The quantitative estimate of drug-likeness (QED) is 0.530. The highest BCUT2D eigenvalue weighted by Gasteiger charge is 2.36. The maximum atomic E-state index is 12.8. The molecule has 0 saturated heterocycles. The summed E-state index contributed by atoms with van der Waals surface area (Å²) in [5.74, 6) is 0.230. The van der Waals surface area contributed by atoms with E-state index in [0.29, 0.717) is 6.42 Å². The maximum Gasteiger partial charge on any atom is 0.416 e. The van der Waals surface area contributed by atoms with E-state index in [0.717, 1.165) is 44.2 Å². The Morgan fingerprint density at radius 1 is 1.27 bits per heavy atom. The van der Waals surface area contributed by atoms with Gasteiger partial charge in [0.15, 0.2) is 0 Å². The van der Waals surface area contributed by atoms with Crippen molar-refractivity contribution in [2.24, 2.45) is 11.8 Å². The largest absolute Gasteiger partial charge is 0.491 e. The van der Waals surface area contributed by atoms with Gasteiger partial charge in [0.25, 0.3) is 0 Å². The third-order valence-corrected chi connectivity index (χ3v) is 5.58. The van der Waals surface area contributed by atoms with Crippen LogP contribution in [0.4, 0.5) is 13.2 Å². The van der Waals surface area contributed by atoms with Gasteiger partial charge in [-0.25, -0.2) is 0 Å². The second-order valence-corrected chi connectivity index (χ2v) is 7.82. The number of carbonyl (C=O) groups is 1. The van der Waals surface area contributed by atoms with Crippen LogP contribution in [-0.2, 0) is 15.7 Å². The van der Waals surface area contributed by atoms with Gasteiger partial charge in [-0.1, -0.05) is 30.4 Å². The standard InChI is InChI=1S/C23H27F3O4/c24-23(25,26)17-6-5-7-19(14-17)29-15-18(27)12-10-16-11-13-21-20(16)8-3-1-2-4-9-22(28)30-21/h1,3,5-7,10,12,14,16,18,20-21,27H,2,4,8-9,11,13,15H2/b3-1-,12-10+/t16-,18+,20+,21-/m0/s1. The number of aliphatic hydroxyl groups is 1. The van der Waals surface area contributed by atoms with Crippen molar-refractivity contribution in [3.63, 3.8) is 0 Å². The zero-order valence-corrected chi connectivity index (χ0v) is 16.7.